The molecule has 2 rings (SSSR count). The van der Waals surface area contributed by atoms with E-state index in [1.807, 2.05) is 24.3 Å². The van der Waals surface area contributed by atoms with Crippen LogP contribution in [0.3, 0.4) is 0 Å². The highest BCUT2D eigenvalue weighted by molar-refractivity contribution is 5.31. The van der Waals surface area contributed by atoms with Crippen LogP contribution in [0.15, 0.2) is 24.3 Å². The molecular weight excluding hydrogens is 250 g/mol. The predicted molar refractivity (Wildman–Crippen MR) is 81.9 cm³/mol. The summed E-state index contributed by atoms with van der Waals surface area (Å²) >= 11 is 0. The average molecular weight is 277 g/mol. The third-order valence-electron chi connectivity index (χ3n) is 4.73. The zero-order chi connectivity index (χ0) is 14.5. The van der Waals surface area contributed by atoms with Gasteiger partial charge in [0.05, 0.1) is 13.2 Å². The number of aliphatic hydroxyl groups is 1. The van der Waals surface area contributed by atoms with E-state index in [9.17, 15) is 5.11 Å². The van der Waals surface area contributed by atoms with Gasteiger partial charge in [-0.15, -0.1) is 0 Å². The monoisotopic (exact) mass is 277 g/mol. The Morgan fingerprint density at radius 2 is 2.00 bits per heavy atom. The van der Waals surface area contributed by atoms with Crippen LogP contribution in [0, 0.1) is 11.8 Å². The van der Waals surface area contributed by atoms with Crippen molar-refractivity contribution in [3.8, 4) is 5.75 Å². The van der Waals surface area contributed by atoms with Crippen LogP contribution in [0.25, 0.3) is 0 Å². The van der Waals surface area contributed by atoms with Gasteiger partial charge in [-0.1, -0.05) is 31.9 Å². The van der Waals surface area contributed by atoms with Crippen molar-refractivity contribution < 1.29 is 9.84 Å². The number of ether oxygens (including phenoxy) is 1. The molecule has 0 heterocycles. The first-order chi connectivity index (χ1) is 9.65. The van der Waals surface area contributed by atoms with Gasteiger partial charge in [0.2, 0.25) is 0 Å². The van der Waals surface area contributed by atoms with Crippen LogP contribution < -0.4 is 10.5 Å². The molecule has 1 aliphatic rings. The summed E-state index contributed by atoms with van der Waals surface area (Å²) in [4.78, 5) is 0. The Morgan fingerprint density at radius 3 is 2.60 bits per heavy atom. The lowest BCUT2D eigenvalue weighted by Crippen LogP contribution is -2.34. The maximum atomic E-state index is 10.7. The summed E-state index contributed by atoms with van der Waals surface area (Å²) < 4.78 is 5.27. The zero-order valence-electron chi connectivity index (χ0n) is 12.6. The van der Waals surface area contributed by atoms with E-state index >= 15 is 0 Å². The molecule has 0 aliphatic heterocycles. The number of rotatable bonds is 5. The lowest BCUT2D eigenvalue weighted by molar-refractivity contribution is 0.0548. The molecular formula is C17H27NO2. The molecule has 2 atom stereocenters. The van der Waals surface area contributed by atoms with E-state index in [4.69, 9.17) is 10.5 Å². The molecule has 2 unspecified atom stereocenters. The van der Waals surface area contributed by atoms with Crippen molar-refractivity contribution in [2.75, 3.05) is 13.7 Å². The van der Waals surface area contributed by atoms with Crippen molar-refractivity contribution in [3.63, 3.8) is 0 Å². The number of hydrogen-bond acceptors (Lipinski definition) is 3. The summed E-state index contributed by atoms with van der Waals surface area (Å²) in [5.41, 5.74) is 7.01. The molecule has 1 aromatic carbocycles. The minimum absolute atomic E-state index is 0.00325. The third kappa shape index (κ3) is 3.53. The Balaban J connectivity index is 2.10. The molecule has 3 nitrogen and oxygen atoms in total. The second-order valence-corrected chi connectivity index (χ2v) is 6.13. The van der Waals surface area contributed by atoms with Gasteiger partial charge in [0, 0.05) is 12.5 Å². The van der Waals surface area contributed by atoms with Crippen LogP contribution in [0.1, 0.15) is 44.1 Å². The fourth-order valence-electron chi connectivity index (χ4n) is 3.30. The molecule has 0 saturated heterocycles. The van der Waals surface area contributed by atoms with E-state index in [1.165, 1.54) is 12.8 Å². The molecule has 20 heavy (non-hydrogen) atoms. The van der Waals surface area contributed by atoms with Crippen LogP contribution in [0.4, 0.5) is 0 Å². The number of nitrogens with two attached hydrogens (primary N) is 1. The second-order valence-electron chi connectivity index (χ2n) is 6.13. The molecule has 0 aromatic heterocycles. The topological polar surface area (TPSA) is 55.5 Å². The quantitative estimate of drug-likeness (QED) is 0.870. The first-order valence-electron chi connectivity index (χ1n) is 7.67. The molecule has 3 N–H and O–H groups in total. The Labute approximate surface area is 122 Å². The number of hydrogen-bond donors (Lipinski definition) is 2. The highest BCUT2D eigenvalue weighted by atomic mass is 16.5. The van der Waals surface area contributed by atoms with Crippen molar-refractivity contribution in [2.45, 2.75) is 44.6 Å². The van der Waals surface area contributed by atoms with Gasteiger partial charge in [-0.3, -0.25) is 0 Å². The third-order valence-corrected chi connectivity index (χ3v) is 4.73. The smallest absolute Gasteiger partial charge is 0.119 e. The van der Waals surface area contributed by atoms with Crippen LogP contribution in [-0.2, 0) is 0 Å². The molecule has 0 amide bonds. The number of methoxy groups -OCH3 is 1. The molecule has 0 spiro atoms. The van der Waals surface area contributed by atoms with Gasteiger partial charge in [0.15, 0.2) is 0 Å². The SMILES string of the molecule is COc1cccc(C(CN)C(O)C2CCC(C)CC2)c1. The maximum absolute atomic E-state index is 10.7. The fourth-order valence-corrected chi connectivity index (χ4v) is 3.30. The Kier molecular flexibility index (Phi) is 5.44. The van der Waals surface area contributed by atoms with E-state index in [0.717, 1.165) is 30.1 Å². The maximum Gasteiger partial charge on any atom is 0.119 e. The molecule has 1 fully saturated rings. The number of aliphatic hydroxyl groups excluding tert-OH is 1. The number of benzene rings is 1. The molecule has 0 bridgehead atoms. The van der Waals surface area contributed by atoms with Crippen molar-refractivity contribution in [1.82, 2.24) is 0 Å². The summed E-state index contributed by atoms with van der Waals surface area (Å²) in [6, 6.07) is 7.92. The van der Waals surface area contributed by atoms with E-state index in [2.05, 4.69) is 6.92 Å². The highest BCUT2D eigenvalue weighted by Gasteiger charge is 2.30. The van der Waals surface area contributed by atoms with Gasteiger partial charge >= 0.3 is 0 Å². The Morgan fingerprint density at radius 1 is 1.30 bits per heavy atom. The van der Waals surface area contributed by atoms with Gasteiger partial charge in [-0.05, 0) is 42.4 Å². The second kappa shape index (κ2) is 7.09. The van der Waals surface area contributed by atoms with Crippen LogP contribution in [-0.4, -0.2) is 24.9 Å². The van der Waals surface area contributed by atoms with Crippen molar-refractivity contribution >= 4 is 0 Å². The Hall–Kier alpha value is -1.06. The van der Waals surface area contributed by atoms with E-state index in [1.54, 1.807) is 7.11 Å². The van der Waals surface area contributed by atoms with Gasteiger partial charge in [0.1, 0.15) is 5.75 Å². The molecule has 1 aromatic rings. The summed E-state index contributed by atoms with van der Waals surface area (Å²) in [5, 5.41) is 10.7. The minimum atomic E-state index is -0.348. The van der Waals surface area contributed by atoms with Gasteiger partial charge in [-0.25, -0.2) is 0 Å². The normalized spacial score (nSPS) is 26.0. The van der Waals surface area contributed by atoms with Crippen LogP contribution in [0.2, 0.25) is 0 Å². The van der Waals surface area contributed by atoms with E-state index < -0.39 is 0 Å². The summed E-state index contributed by atoms with van der Waals surface area (Å²) in [7, 11) is 1.66. The van der Waals surface area contributed by atoms with Gasteiger partial charge < -0.3 is 15.6 Å². The molecule has 0 radical (unpaired) electrons. The molecule has 1 aliphatic carbocycles. The molecule has 3 heteroatoms. The predicted octanol–water partition coefficient (Wildman–Crippen LogP) is 2.92. The summed E-state index contributed by atoms with van der Waals surface area (Å²) in [6.45, 7) is 2.77. The lowest BCUT2D eigenvalue weighted by Gasteiger charge is -2.34. The van der Waals surface area contributed by atoms with E-state index in [0.29, 0.717) is 12.5 Å². The summed E-state index contributed by atoms with van der Waals surface area (Å²) in [5.74, 6) is 2.01. The largest absolute Gasteiger partial charge is 0.497 e. The minimum Gasteiger partial charge on any atom is -0.497 e. The van der Waals surface area contributed by atoms with E-state index in [-0.39, 0.29) is 12.0 Å². The molecule has 1 saturated carbocycles. The average Bonchev–Trinajstić information content (AvgIpc) is 2.49. The summed E-state index contributed by atoms with van der Waals surface area (Å²) in [6.07, 6.45) is 4.32. The Bertz CT molecular complexity index is 413. The fraction of sp³-hybridized carbons (Fsp3) is 0.647. The van der Waals surface area contributed by atoms with Crippen LogP contribution >= 0.6 is 0 Å². The van der Waals surface area contributed by atoms with Crippen molar-refractivity contribution in [2.24, 2.45) is 17.6 Å². The first-order valence-corrected chi connectivity index (χ1v) is 7.67. The van der Waals surface area contributed by atoms with Gasteiger partial charge in [-0.2, -0.15) is 0 Å². The van der Waals surface area contributed by atoms with Crippen LogP contribution in [0.5, 0.6) is 5.75 Å². The van der Waals surface area contributed by atoms with Gasteiger partial charge in [0.25, 0.3) is 0 Å². The first kappa shape index (κ1) is 15.3. The standard InChI is InChI=1S/C17H27NO2/c1-12-6-8-13(9-7-12)17(19)16(11-18)14-4-3-5-15(10-14)20-2/h3-5,10,12-13,16-17,19H,6-9,11,18H2,1-2H3. The molecule has 112 valence electrons. The zero-order valence-corrected chi connectivity index (χ0v) is 12.6. The lowest BCUT2D eigenvalue weighted by atomic mass is 9.75. The van der Waals surface area contributed by atoms with Crippen molar-refractivity contribution in [1.29, 1.82) is 0 Å². The highest BCUT2D eigenvalue weighted by Crippen LogP contribution is 2.35. The van der Waals surface area contributed by atoms with Crippen molar-refractivity contribution in [3.05, 3.63) is 29.8 Å².